The lowest BCUT2D eigenvalue weighted by Gasteiger charge is -2.18. The van der Waals surface area contributed by atoms with Gasteiger partial charge in [-0.25, -0.2) is 0 Å². The number of hydrogen-bond donors (Lipinski definition) is 1. The number of anilines is 3. The average molecular weight is 319 g/mol. The van der Waals surface area contributed by atoms with Gasteiger partial charge in [0.15, 0.2) is 5.82 Å². The molecule has 0 amide bonds. The summed E-state index contributed by atoms with van der Waals surface area (Å²) in [5, 5.41) is 11.4. The normalized spacial score (nSPS) is 10.5. The first kappa shape index (κ1) is 15.9. The minimum Gasteiger partial charge on any atom is -0.354 e. The number of benzene rings is 2. The SMILES string of the molecule is Cc1cc(C)cc(Nc2nncc(N(C)Cc3ccccc3)n2)c1. The van der Waals surface area contributed by atoms with E-state index in [1.807, 2.05) is 25.2 Å². The predicted molar refractivity (Wildman–Crippen MR) is 97.6 cm³/mol. The first-order valence-electron chi connectivity index (χ1n) is 7.90. The van der Waals surface area contributed by atoms with Gasteiger partial charge in [-0.3, -0.25) is 0 Å². The maximum absolute atomic E-state index is 4.56. The zero-order valence-corrected chi connectivity index (χ0v) is 14.2. The molecule has 0 saturated carbocycles. The lowest BCUT2D eigenvalue weighted by Crippen LogP contribution is -2.18. The smallest absolute Gasteiger partial charge is 0.249 e. The van der Waals surface area contributed by atoms with E-state index in [1.54, 1.807) is 6.20 Å². The van der Waals surface area contributed by atoms with Crippen LogP contribution in [-0.4, -0.2) is 22.2 Å². The van der Waals surface area contributed by atoms with Crippen molar-refractivity contribution in [3.63, 3.8) is 0 Å². The van der Waals surface area contributed by atoms with Crippen molar-refractivity contribution in [3.8, 4) is 0 Å². The minimum atomic E-state index is 0.498. The maximum atomic E-state index is 4.56. The lowest BCUT2D eigenvalue weighted by molar-refractivity contribution is 0.866. The zero-order chi connectivity index (χ0) is 16.9. The van der Waals surface area contributed by atoms with Gasteiger partial charge in [-0.15, -0.1) is 5.10 Å². The van der Waals surface area contributed by atoms with Crippen LogP contribution < -0.4 is 10.2 Å². The number of aryl methyl sites for hydroxylation is 2. The molecule has 24 heavy (non-hydrogen) atoms. The molecule has 3 rings (SSSR count). The second-order valence-electron chi connectivity index (χ2n) is 5.98. The first-order valence-corrected chi connectivity index (χ1v) is 7.90. The van der Waals surface area contributed by atoms with Crippen LogP contribution in [-0.2, 0) is 6.54 Å². The minimum absolute atomic E-state index is 0.498. The number of nitrogens with zero attached hydrogens (tertiary/aromatic N) is 4. The van der Waals surface area contributed by atoms with Gasteiger partial charge in [-0.1, -0.05) is 36.4 Å². The summed E-state index contributed by atoms with van der Waals surface area (Å²) in [5.41, 5.74) is 4.59. The number of nitrogens with one attached hydrogen (secondary N) is 1. The van der Waals surface area contributed by atoms with Crippen LogP contribution in [0.4, 0.5) is 17.5 Å². The fourth-order valence-electron chi connectivity index (χ4n) is 2.65. The zero-order valence-electron chi connectivity index (χ0n) is 14.2. The standard InChI is InChI=1S/C19H21N5/c1-14-9-15(2)11-17(10-14)21-19-22-18(12-20-23-19)24(3)13-16-7-5-4-6-8-16/h4-12H,13H2,1-3H3,(H,21,22,23). The van der Waals surface area contributed by atoms with Crippen molar-refractivity contribution in [2.75, 3.05) is 17.3 Å². The fraction of sp³-hybridized carbons (Fsp3) is 0.211. The summed E-state index contributed by atoms with van der Waals surface area (Å²) >= 11 is 0. The van der Waals surface area contributed by atoms with Crippen molar-refractivity contribution in [1.29, 1.82) is 0 Å². The van der Waals surface area contributed by atoms with Gasteiger partial charge in [0.05, 0.1) is 6.20 Å². The Bertz CT molecular complexity index is 797. The molecular formula is C19H21N5. The third-order valence-corrected chi connectivity index (χ3v) is 3.68. The highest BCUT2D eigenvalue weighted by Crippen LogP contribution is 2.18. The van der Waals surface area contributed by atoms with Gasteiger partial charge in [-0.2, -0.15) is 10.1 Å². The van der Waals surface area contributed by atoms with Gasteiger partial charge in [0.2, 0.25) is 5.95 Å². The summed E-state index contributed by atoms with van der Waals surface area (Å²) < 4.78 is 0. The quantitative estimate of drug-likeness (QED) is 0.773. The molecule has 5 heteroatoms. The Balaban J connectivity index is 1.76. The molecule has 0 bridgehead atoms. The third kappa shape index (κ3) is 4.07. The highest BCUT2D eigenvalue weighted by molar-refractivity contribution is 5.56. The van der Waals surface area contributed by atoms with E-state index < -0.39 is 0 Å². The molecule has 0 fully saturated rings. The van der Waals surface area contributed by atoms with Crippen molar-refractivity contribution in [1.82, 2.24) is 15.2 Å². The molecule has 1 aromatic heterocycles. The van der Waals surface area contributed by atoms with E-state index >= 15 is 0 Å². The Morgan fingerprint density at radius 2 is 1.71 bits per heavy atom. The molecule has 0 atom stereocenters. The van der Waals surface area contributed by atoms with E-state index in [-0.39, 0.29) is 0 Å². The summed E-state index contributed by atoms with van der Waals surface area (Å²) in [7, 11) is 2.00. The predicted octanol–water partition coefficient (Wildman–Crippen LogP) is 3.87. The van der Waals surface area contributed by atoms with Crippen molar-refractivity contribution in [3.05, 3.63) is 71.4 Å². The topological polar surface area (TPSA) is 53.9 Å². The Morgan fingerprint density at radius 1 is 1.00 bits per heavy atom. The van der Waals surface area contributed by atoms with E-state index in [0.29, 0.717) is 5.95 Å². The molecule has 122 valence electrons. The van der Waals surface area contributed by atoms with Gasteiger partial charge < -0.3 is 10.2 Å². The summed E-state index contributed by atoms with van der Waals surface area (Å²) in [4.78, 5) is 6.62. The van der Waals surface area contributed by atoms with Gasteiger partial charge in [0, 0.05) is 19.3 Å². The monoisotopic (exact) mass is 319 g/mol. The van der Waals surface area contributed by atoms with Crippen LogP contribution >= 0.6 is 0 Å². The molecular weight excluding hydrogens is 298 g/mol. The molecule has 0 unspecified atom stereocenters. The van der Waals surface area contributed by atoms with E-state index in [4.69, 9.17) is 0 Å². The van der Waals surface area contributed by atoms with Crippen LogP contribution in [0.5, 0.6) is 0 Å². The average Bonchev–Trinajstić information content (AvgIpc) is 2.55. The number of rotatable bonds is 5. The highest BCUT2D eigenvalue weighted by atomic mass is 15.3. The summed E-state index contributed by atoms with van der Waals surface area (Å²) in [6, 6.07) is 16.5. The van der Waals surface area contributed by atoms with Crippen molar-refractivity contribution in [2.45, 2.75) is 20.4 Å². The van der Waals surface area contributed by atoms with E-state index in [2.05, 4.69) is 69.6 Å². The third-order valence-electron chi connectivity index (χ3n) is 3.68. The lowest BCUT2D eigenvalue weighted by atomic mass is 10.1. The summed E-state index contributed by atoms with van der Waals surface area (Å²) in [6.45, 7) is 4.91. The largest absolute Gasteiger partial charge is 0.354 e. The molecule has 3 aromatic rings. The van der Waals surface area contributed by atoms with Crippen LogP contribution in [0.15, 0.2) is 54.7 Å². The van der Waals surface area contributed by atoms with Crippen LogP contribution in [0.3, 0.4) is 0 Å². The maximum Gasteiger partial charge on any atom is 0.249 e. The highest BCUT2D eigenvalue weighted by Gasteiger charge is 2.07. The molecule has 0 saturated heterocycles. The van der Waals surface area contributed by atoms with Crippen molar-refractivity contribution < 1.29 is 0 Å². The molecule has 0 spiro atoms. The van der Waals surface area contributed by atoms with Crippen LogP contribution in [0.2, 0.25) is 0 Å². The van der Waals surface area contributed by atoms with Gasteiger partial charge in [-0.05, 0) is 42.7 Å². The second-order valence-corrected chi connectivity index (χ2v) is 5.98. The number of hydrogen-bond acceptors (Lipinski definition) is 5. The fourth-order valence-corrected chi connectivity index (χ4v) is 2.65. The van der Waals surface area contributed by atoms with Crippen LogP contribution in [0.25, 0.3) is 0 Å². The Kier molecular flexibility index (Phi) is 4.70. The van der Waals surface area contributed by atoms with Crippen LogP contribution in [0.1, 0.15) is 16.7 Å². The molecule has 2 aromatic carbocycles. The molecule has 0 aliphatic rings. The Morgan fingerprint density at radius 3 is 2.42 bits per heavy atom. The van der Waals surface area contributed by atoms with E-state index in [1.165, 1.54) is 16.7 Å². The van der Waals surface area contributed by atoms with Gasteiger partial charge in [0.25, 0.3) is 0 Å². The van der Waals surface area contributed by atoms with E-state index in [9.17, 15) is 0 Å². The molecule has 1 N–H and O–H groups in total. The van der Waals surface area contributed by atoms with E-state index in [0.717, 1.165) is 18.1 Å². The summed E-state index contributed by atoms with van der Waals surface area (Å²) in [5.74, 6) is 1.28. The molecule has 1 heterocycles. The summed E-state index contributed by atoms with van der Waals surface area (Å²) in [6.07, 6.45) is 1.68. The first-order chi connectivity index (χ1) is 11.6. The van der Waals surface area contributed by atoms with Gasteiger partial charge in [0.1, 0.15) is 0 Å². The molecule has 0 aliphatic carbocycles. The second kappa shape index (κ2) is 7.08. The Labute approximate surface area is 142 Å². The van der Waals surface area contributed by atoms with Crippen molar-refractivity contribution >= 4 is 17.5 Å². The number of aromatic nitrogens is 3. The van der Waals surface area contributed by atoms with Crippen molar-refractivity contribution in [2.24, 2.45) is 0 Å². The molecule has 0 aliphatic heterocycles. The van der Waals surface area contributed by atoms with Crippen LogP contribution in [0, 0.1) is 13.8 Å². The molecule has 0 radical (unpaired) electrons. The Hall–Kier alpha value is -2.95. The van der Waals surface area contributed by atoms with Gasteiger partial charge >= 0.3 is 0 Å². The molecule has 5 nitrogen and oxygen atoms in total.